The van der Waals surface area contributed by atoms with E-state index in [0.29, 0.717) is 5.92 Å². The highest BCUT2D eigenvalue weighted by Gasteiger charge is 2.24. The van der Waals surface area contributed by atoms with Crippen LogP contribution in [-0.4, -0.2) is 21.3 Å². The molecular formula is C14H19N3O. The van der Waals surface area contributed by atoms with Crippen LogP contribution in [0.1, 0.15) is 42.6 Å². The lowest BCUT2D eigenvalue weighted by Crippen LogP contribution is -2.14. The molecule has 96 valence electrons. The third-order valence-corrected chi connectivity index (χ3v) is 4.03. The van der Waals surface area contributed by atoms with Crippen LogP contribution in [0.2, 0.25) is 0 Å². The molecule has 1 saturated carbocycles. The Morgan fingerprint density at radius 3 is 2.89 bits per heavy atom. The van der Waals surface area contributed by atoms with Crippen molar-refractivity contribution in [1.82, 2.24) is 9.55 Å². The predicted octanol–water partition coefficient (Wildman–Crippen LogP) is 1.83. The summed E-state index contributed by atoms with van der Waals surface area (Å²) < 4.78 is 2.19. The molecule has 0 aliphatic heterocycles. The van der Waals surface area contributed by atoms with E-state index < -0.39 is 0 Å². The first-order chi connectivity index (χ1) is 8.70. The van der Waals surface area contributed by atoms with Gasteiger partial charge in [0.05, 0.1) is 23.7 Å². The van der Waals surface area contributed by atoms with Gasteiger partial charge in [0.2, 0.25) is 0 Å². The smallest absolute Gasteiger partial charge is 0.112 e. The number of hydrogen-bond acceptors (Lipinski definition) is 3. The summed E-state index contributed by atoms with van der Waals surface area (Å²) in [5.41, 5.74) is 8.92. The Balaban J connectivity index is 2.06. The number of benzene rings is 1. The summed E-state index contributed by atoms with van der Waals surface area (Å²) in [6.07, 6.45) is 3.81. The van der Waals surface area contributed by atoms with Crippen LogP contribution in [0.25, 0.3) is 11.0 Å². The van der Waals surface area contributed by atoms with E-state index in [4.69, 9.17) is 15.8 Å². The average Bonchev–Trinajstić information content (AvgIpc) is 2.63. The number of nitrogens with two attached hydrogens (primary N) is 1. The molecule has 4 nitrogen and oxygen atoms in total. The molecule has 1 aromatic heterocycles. The molecular weight excluding hydrogens is 226 g/mol. The SMILES string of the molecule is Cn1c(C2CCC2)nc2cc(C(N)CO)ccc21. The summed E-state index contributed by atoms with van der Waals surface area (Å²) in [4.78, 5) is 4.74. The molecule has 0 saturated heterocycles. The monoisotopic (exact) mass is 245 g/mol. The van der Waals surface area contributed by atoms with Crippen LogP contribution in [-0.2, 0) is 7.05 Å². The van der Waals surface area contributed by atoms with Crippen LogP contribution < -0.4 is 5.73 Å². The predicted molar refractivity (Wildman–Crippen MR) is 71.3 cm³/mol. The van der Waals surface area contributed by atoms with Crippen molar-refractivity contribution in [2.24, 2.45) is 12.8 Å². The minimum absolute atomic E-state index is 0.0339. The van der Waals surface area contributed by atoms with Gasteiger partial charge in [0, 0.05) is 13.0 Å². The van der Waals surface area contributed by atoms with Gasteiger partial charge >= 0.3 is 0 Å². The van der Waals surface area contributed by atoms with Crippen LogP contribution in [0.3, 0.4) is 0 Å². The van der Waals surface area contributed by atoms with E-state index in [9.17, 15) is 0 Å². The van der Waals surface area contributed by atoms with E-state index in [1.54, 1.807) is 0 Å². The quantitative estimate of drug-likeness (QED) is 0.867. The minimum Gasteiger partial charge on any atom is -0.394 e. The number of aromatic nitrogens is 2. The largest absolute Gasteiger partial charge is 0.394 e. The normalized spacial score (nSPS) is 17.9. The molecule has 3 rings (SSSR count). The minimum atomic E-state index is -0.316. The molecule has 0 bridgehead atoms. The molecule has 1 aromatic carbocycles. The summed E-state index contributed by atoms with van der Waals surface area (Å²) in [5.74, 6) is 1.81. The second-order valence-electron chi connectivity index (χ2n) is 5.19. The van der Waals surface area contributed by atoms with Crippen molar-refractivity contribution in [2.75, 3.05) is 6.61 Å². The number of aryl methyl sites for hydroxylation is 1. The van der Waals surface area contributed by atoms with Gasteiger partial charge in [0.25, 0.3) is 0 Å². The molecule has 2 aromatic rings. The van der Waals surface area contributed by atoms with Gasteiger partial charge in [-0.15, -0.1) is 0 Å². The Morgan fingerprint density at radius 2 is 2.28 bits per heavy atom. The van der Waals surface area contributed by atoms with Crippen molar-refractivity contribution in [2.45, 2.75) is 31.2 Å². The molecule has 1 heterocycles. The highest BCUT2D eigenvalue weighted by atomic mass is 16.3. The fourth-order valence-electron chi connectivity index (χ4n) is 2.60. The number of aliphatic hydroxyl groups is 1. The lowest BCUT2D eigenvalue weighted by atomic mass is 9.85. The fraction of sp³-hybridized carbons (Fsp3) is 0.500. The highest BCUT2D eigenvalue weighted by Crippen LogP contribution is 2.36. The van der Waals surface area contributed by atoms with Crippen LogP contribution in [0, 0.1) is 0 Å². The molecule has 18 heavy (non-hydrogen) atoms. The summed E-state index contributed by atoms with van der Waals surface area (Å²) in [5, 5.41) is 9.10. The van der Waals surface area contributed by atoms with Gasteiger partial charge in [-0.05, 0) is 30.5 Å². The van der Waals surface area contributed by atoms with Crippen molar-refractivity contribution in [3.8, 4) is 0 Å². The van der Waals surface area contributed by atoms with Crippen LogP contribution in [0.5, 0.6) is 0 Å². The summed E-state index contributed by atoms with van der Waals surface area (Å²) in [6.45, 7) is -0.0339. The molecule has 3 N–H and O–H groups in total. The van der Waals surface area contributed by atoms with Crippen LogP contribution in [0.4, 0.5) is 0 Å². The third kappa shape index (κ3) is 1.72. The van der Waals surface area contributed by atoms with Crippen LogP contribution in [0.15, 0.2) is 18.2 Å². The van der Waals surface area contributed by atoms with Crippen molar-refractivity contribution < 1.29 is 5.11 Å². The maximum absolute atomic E-state index is 9.10. The van der Waals surface area contributed by atoms with E-state index in [1.165, 1.54) is 25.1 Å². The molecule has 1 aliphatic carbocycles. The summed E-state index contributed by atoms with van der Waals surface area (Å²) in [7, 11) is 2.08. The summed E-state index contributed by atoms with van der Waals surface area (Å²) in [6, 6.07) is 5.71. The maximum atomic E-state index is 9.10. The first kappa shape index (κ1) is 11.7. The van der Waals surface area contributed by atoms with Crippen LogP contribution >= 0.6 is 0 Å². The van der Waals surface area contributed by atoms with Crippen molar-refractivity contribution in [1.29, 1.82) is 0 Å². The van der Waals surface area contributed by atoms with Crippen molar-refractivity contribution >= 4 is 11.0 Å². The zero-order valence-corrected chi connectivity index (χ0v) is 10.6. The van der Waals surface area contributed by atoms with Gasteiger partial charge in [-0.3, -0.25) is 0 Å². The van der Waals surface area contributed by atoms with Gasteiger partial charge < -0.3 is 15.4 Å². The number of nitrogens with zero attached hydrogens (tertiary/aromatic N) is 2. The number of hydrogen-bond donors (Lipinski definition) is 2. The molecule has 1 unspecified atom stereocenters. The number of fused-ring (bicyclic) bond motifs is 1. The van der Waals surface area contributed by atoms with E-state index >= 15 is 0 Å². The van der Waals surface area contributed by atoms with Gasteiger partial charge in [0.15, 0.2) is 0 Å². The Labute approximate surface area is 106 Å². The molecule has 1 atom stereocenters. The van der Waals surface area contributed by atoms with Gasteiger partial charge in [-0.25, -0.2) is 4.98 Å². The summed E-state index contributed by atoms with van der Waals surface area (Å²) >= 11 is 0. The standard InChI is InChI=1S/C14H19N3O/c1-17-13-6-5-10(11(15)8-18)7-12(13)16-14(17)9-3-2-4-9/h5-7,9,11,18H,2-4,8,15H2,1H3. The second-order valence-corrected chi connectivity index (χ2v) is 5.19. The van der Waals surface area contributed by atoms with E-state index in [2.05, 4.69) is 17.7 Å². The molecule has 0 spiro atoms. The number of aliphatic hydroxyl groups excluding tert-OH is 1. The third-order valence-electron chi connectivity index (χ3n) is 4.03. The van der Waals surface area contributed by atoms with E-state index in [1.807, 2.05) is 12.1 Å². The highest BCUT2D eigenvalue weighted by molar-refractivity contribution is 5.77. The average molecular weight is 245 g/mol. The van der Waals surface area contributed by atoms with Gasteiger partial charge in [0.1, 0.15) is 5.82 Å². The Kier molecular flexibility index (Phi) is 2.84. The van der Waals surface area contributed by atoms with Gasteiger partial charge in [-0.2, -0.15) is 0 Å². The maximum Gasteiger partial charge on any atom is 0.112 e. The molecule has 1 aliphatic rings. The molecule has 1 fully saturated rings. The molecule has 0 amide bonds. The lowest BCUT2D eigenvalue weighted by Gasteiger charge is -2.24. The fourth-order valence-corrected chi connectivity index (χ4v) is 2.60. The molecule has 4 heteroatoms. The number of rotatable bonds is 3. The zero-order valence-electron chi connectivity index (χ0n) is 10.6. The number of imidazole rings is 1. The zero-order chi connectivity index (χ0) is 12.7. The van der Waals surface area contributed by atoms with Crippen molar-refractivity contribution in [3.63, 3.8) is 0 Å². The first-order valence-corrected chi connectivity index (χ1v) is 6.53. The van der Waals surface area contributed by atoms with Crippen molar-refractivity contribution in [3.05, 3.63) is 29.6 Å². The Bertz CT molecular complexity index is 572. The van der Waals surface area contributed by atoms with E-state index in [0.717, 1.165) is 16.6 Å². The first-order valence-electron chi connectivity index (χ1n) is 6.53. The Morgan fingerprint density at radius 1 is 1.50 bits per heavy atom. The van der Waals surface area contributed by atoms with E-state index in [-0.39, 0.29) is 12.6 Å². The molecule has 0 radical (unpaired) electrons. The topological polar surface area (TPSA) is 64.1 Å². The van der Waals surface area contributed by atoms with Gasteiger partial charge in [-0.1, -0.05) is 12.5 Å². The lowest BCUT2D eigenvalue weighted by molar-refractivity contribution is 0.268. The second kappa shape index (κ2) is 4.37. The Hall–Kier alpha value is -1.39.